The lowest BCUT2D eigenvalue weighted by atomic mass is 10.0. The second kappa shape index (κ2) is 21.0. The van der Waals surface area contributed by atoms with Crippen LogP contribution in [0.4, 0.5) is 4.79 Å². The fourth-order valence-corrected chi connectivity index (χ4v) is 7.37. The molecule has 2 aliphatic heterocycles. The van der Waals surface area contributed by atoms with Crippen LogP contribution in [-0.2, 0) is 45.1 Å². The van der Waals surface area contributed by atoms with E-state index in [1.165, 1.54) is 19.2 Å². The van der Waals surface area contributed by atoms with Gasteiger partial charge in [-0.15, -0.1) is 0 Å². The average molecular weight is 747 g/mol. The number of carbonyl (C=O) groups is 3. The monoisotopic (exact) mass is 746 g/mol. The van der Waals surface area contributed by atoms with Crippen molar-refractivity contribution >= 4 is 28.0 Å². The van der Waals surface area contributed by atoms with E-state index in [0.717, 1.165) is 30.0 Å². The standard InChI is InChI=1S/C34H46N6O11S/c1-46-33(42)30(25-26-8-10-28(11-9-26)51-34(43)39-16-2-3-17-39)36-32(41)31-7-6-18-40(31)52(44,45)29-14-12-27(13-15-29)49-20-5-4-19-47-21-22-48-23-24-50-38-37-35/h8-15,30-31H,2-7,16-25H2,1H3,(H,36,41)/t30-,31-/m0/s1. The number of azide groups is 1. The highest BCUT2D eigenvalue weighted by molar-refractivity contribution is 7.89. The van der Waals surface area contributed by atoms with E-state index >= 15 is 0 Å². The topological polar surface area (TPSA) is 208 Å². The Kier molecular flexibility index (Phi) is 16.3. The zero-order valence-corrected chi connectivity index (χ0v) is 30.0. The van der Waals surface area contributed by atoms with Gasteiger partial charge in [0, 0.05) is 37.6 Å². The maximum absolute atomic E-state index is 13.6. The first-order valence-corrected chi connectivity index (χ1v) is 18.7. The van der Waals surface area contributed by atoms with Crippen molar-refractivity contribution in [1.29, 1.82) is 0 Å². The lowest BCUT2D eigenvalue weighted by molar-refractivity contribution is -0.145. The fourth-order valence-electron chi connectivity index (χ4n) is 5.71. The minimum absolute atomic E-state index is 0.0227. The van der Waals surface area contributed by atoms with Crippen LogP contribution in [-0.4, -0.2) is 114 Å². The molecule has 17 nitrogen and oxygen atoms in total. The van der Waals surface area contributed by atoms with Crippen molar-refractivity contribution in [2.75, 3.05) is 66.4 Å². The molecule has 18 heteroatoms. The summed E-state index contributed by atoms with van der Waals surface area (Å²) in [7, 11) is -2.82. The van der Waals surface area contributed by atoms with Gasteiger partial charge in [0.15, 0.2) is 0 Å². The molecule has 2 aromatic carbocycles. The number of rotatable bonds is 21. The number of nitrogens with zero attached hydrogens (tertiary/aromatic N) is 5. The second-order valence-electron chi connectivity index (χ2n) is 12.0. The molecule has 2 fully saturated rings. The molecule has 2 aromatic rings. The molecule has 2 atom stereocenters. The molecule has 0 spiro atoms. The molecule has 2 amide bonds. The van der Waals surface area contributed by atoms with E-state index in [2.05, 4.69) is 20.3 Å². The van der Waals surface area contributed by atoms with E-state index in [1.807, 2.05) is 0 Å². The Morgan fingerprint density at radius 1 is 0.885 bits per heavy atom. The lowest BCUT2D eigenvalue weighted by Crippen LogP contribution is -2.51. The Bertz CT molecular complexity index is 1600. The molecule has 0 radical (unpaired) electrons. The van der Waals surface area contributed by atoms with Gasteiger partial charge in [-0.1, -0.05) is 12.1 Å². The molecule has 0 aromatic heterocycles. The normalized spacial score (nSPS) is 16.5. The molecule has 4 rings (SSSR count). The first kappa shape index (κ1) is 40.2. The van der Waals surface area contributed by atoms with Gasteiger partial charge in [0.05, 0.1) is 38.4 Å². The number of unbranched alkanes of at least 4 members (excludes halogenated alkanes) is 1. The van der Waals surface area contributed by atoms with Crippen LogP contribution in [0.1, 0.15) is 44.1 Å². The van der Waals surface area contributed by atoms with Crippen LogP contribution in [0.15, 0.2) is 58.7 Å². The number of ether oxygens (including phenoxy) is 5. The molecule has 1 N–H and O–H groups in total. The van der Waals surface area contributed by atoms with Crippen LogP contribution in [0.2, 0.25) is 0 Å². The minimum atomic E-state index is -4.04. The van der Waals surface area contributed by atoms with Crippen LogP contribution < -0.4 is 14.8 Å². The highest BCUT2D eigenvalue weighted by Gasteiger charge is 2.40. The summed E-state index contributed by atoms with van der Waals surface area (Å²) in [6.07, 6.45) is 3.81. The number of nitrogens with one attached hydrogen (secondary N) is 1. The zero-order chi connectivity index (χ0) is 37.2. The van der Waals surface area contributed by atoms with Crippen LogP contribution in [0.25, 0.3) is 10.4 Å². The van der Waals surface area contributed by atoms with Crippen molar-refractivity contribution in [2.45, 2.75) is 61.9 Å². The van der Waals surface area contributed by atoms with Gasteiger partial charge >= 0.3 is 12.1 Å². The summed E-state index contributed by atoms with van der Waals surface area (Å²) in [6, 6.07) is 10.6. The first-order chi connectivity index (χ1) is 25.2. The van der Waals surface area contributed by atoms with E-state index in [1.54, 1.807) is 41.3 Å². The molecule has 2 saturated heterocycles. The highest BCUT2D eigenvalue weighted by atomic mass is 32.2. The van der Waals surface area contributed by atoms with Gasteiger partial charge in [-0.3, -0.25) is 4.79 Å². The lowest BCUT2D eigenvalue weighted by Gasteiger charge is -2.25. The third-order valence-corrected chi connectivity index (χ3v) is 10.3. The van der Waals surface area contributed by atoms with Crippen LogP contribution in [0.3, 0.4) is 0 Å². The number of likely N-dealkylation sites (tertiary alicyclic amines) is 1. The number of benzene rings is 2. The molecule has 52 heavy (non-hydrogen) atoms. The number of amides is 2. The quantitative estimate of drug-likeness (QED) is 0.0486. The van der Waals surface area contributed by atoms with E-state index in [4.69, 9.17) is 29.2 Å². The maximum Gasteiger partial charge on any atom is 0.415 e. The number of hydrogen-bond donors (Lipinski definition) is 1. The Hall–Kier alpha value is -4.61. The third-order valence-electron chi connectivity index (χ3n) is 8.41. The smallest absolute Gasteiger partial charge is 0.415 e. The molecule has 284 valence electrons. The molecule has 0 bridgehead atoms. The Morgan fingerprint density at radius 2 is 1.54 bits per heavy atom. The molecule has 2 aliphatic rings. The van der Waals surface area contributed by atoms with E-state index in [0.29, 0.717) is 76.0 Å². The summed E-state index contributed by atoms with van der Waals surface area (Å²) in [5, 5.41) is 5.64. The van der Waals surface area contributed by atoms with Crippen molar-refractivity contribution in [3.8, 4) is 11.5 Å². The van der Waals surface area contributed by atoms with Gasteiger partial charge in [-0.05, 0) is 86.0 Å². The van der Waals surface area contributed by atoms with Crippen molar-refractivity contribution in [2.24, 2.45) is 5.28 Å². The van der Waals surface area contributed by atoms with Gasteiger partial charge in [0.1, 0.15) is 35.5 Å². The largest absolute Gasteiger partial charge is 0.494 e. The Balaban J connectivity index is 1.22. The van der Waals surface area contributed by atoms with Gasteiger partial charge < -0.3 is 38.7 Å². The molecular weight excluding hydrogens is 700 g/mol. The van der Waals surface area contributed by atoms with Crippen molar-refractivity contribution < 1.29 is 51.3 Å². The van der Waals surface area contributed by atoms with Crippen LogP contribution in [0, 0.1) is 0 Å². The maximum atomic E-state index is 13.6. The molecular formula is C34H46N6O11S. The van der Waals surface area contributed by atoms with Crippen molar-refractivity contribution in [3.05, 3.63) is 64.5 Å². The zero-order valence-electron chi connectivity index (χ0n) is 29.2. The van der Waals surface area contributed by atoms with Crippen LogP contribution >= 0.6 is 0 Å². The first-order valence-electron chi connectivity index (χ1n) is 17.2. The van der Waals surface area contributed by atoms with Gasteiger partial charge in [0.2, 0.25) is 15.9 Å². The summed E-state index contributed by atoms with van der Waals surface area (Å²) in [4.78, 5) is 47.2. The predicted octanol–water partition coefficient (Wildman–Crippen LogP) is 3.77. The third kappa shape index (κ3) is 12.3. The number of carbonyl (C=O) groups excluding carboxylic acids is 3. The minimum Gasteiger partial charge on any atom is -0.494 e. The summed E-state index contributed by atoms with van der Waals surface area (Å²) in [5.74, 6) is -0.405. The summed E-state index contributed by atoms with van der Waals surface area (Å²) < 4.78 is 55.3. The summed E-state index contributed by atoms with van der Waals surface area (Å²) in [6.45, 7) is 3.68. The van der Waals surface area contributed by atoms with E-state index in [9.17, 15) is 22.8 Å². The number of sulfonamides is 1. The van der Waals surface area contributed by atoms with E-state index in [-0.39, 0.29) is 24.5 Å². The molecule has 0 saturated carbocycles. The predicted molar refractivity (Wildman–Crippen MR) is 186 cm³/mol. The summed E-state index contributed by atoms with van der Waals surface area (Å²) >= 11 is 0. The number of methoxy groups -OCH3 is 1. The second-order valence-corrected chi connectivity index (χ2v) is 13.9. The number of hydrogen-bond acceptors (Lipinski definition) is 12. The summed E-state index contributed by atoms with van der Waals surface area (Å²) in [5.41, 5.74) is 8.78. The average Bonchev–Trinajstić information content (AvgIpc) is 3.88. The molecule has 0 unspecified atom stereocenters. The van der Waals surface area contributed by atoms with E-state index < -0.39 is 40.1 Å². The van der Waals surface area contributed by atoms with Crippen LogP contribution in [0.5, 0.6) is 11.5 Å². The SMILES string of the molecule is COC(=O)[C@H](Cc1ccc(OC(=O)N2CCCC2)cc1)NC(=O)[C@@H]1CCCN1S(=O)(=O)c1ccc(OCCCCOCCOCCON=[N+]=[N-])cc1. The van der Waals surface area contributed by atoms with Gasteiger partial charge in [-0.25, -0.2) is 18.0 Å². The Morgan fingerprint density at radius 3 is 2.23 bits per heavy atom. The van der Waals surface area contributed by atoms with Gasteiger partial charge in [0.25, 0.3) is 0 Å². The number of esters is 1. The fraction of sp³-hybridized carbons (Fsp3) is 0.559. The van der Waals surface area contributed by atoms with Crippen molar-refractivity contribution in [1.82, 2.24) is 14.5 Å². The Labute approximate surface area is 303 Å². The van der Waals surface area contributed by atoms with Crippen molar-refractivity contribution in [3.63, 3.8) is 0 Å². The molecule has 2 heterocycles. The van der Waals surface area contributed by atoms with Gasteiger partial charge in [-0.2, -0.15) is 4.31 Å². The molecule has 0 aliphatic carbocycles. The highest BCUT2D eigenvalue weighted by Crippen LogP contribution is 2.28.